The minimum atomic E-state index is -0.592. The molecular formula is C17H17NO2. The van der Waals surface area contributed by atoms with Crippen molar-refractivity contribution in [1.82, 2.24) is 0 Å². The molecule has 3 nitrogen and oxygen atoms in total. The van der Waals surface area contributed by atoms with Crippen molar-refractivity contribution >= 4 is 0 Å². The summed E-state index contributed by atoms with van der Waals surface area (Å²) in [5.74, 6) is 1.37. The normalized spacial score (nSPS) is 11.8. The van der Waals surface area contributed by atoms with E-state index in [4.69, 9.17) is 10.00 Å². The summed E-state index contributed by atoms with van der Waals surface area (Å²) in [5.41, 5.74) is 3.18. The van der Waals surface area contributed by atoms with Gasteiger partial charge in [0.1, 0.15) is 11.5 Å². The fourth-order valence-corrected chi connectivity index (χ4v) is 2.20. The highest BCUT2D eigenvalue weighted by Crippen LogP contribution is 2.33. The van der Waals surface area contributed by atoms with Crippen molar-refractivity contribution in [2.75, 3.05) is 0 Å². The van der Waals surface area contributed by atoms with Crippen LogP contribution < -0.4 is 4.74 Å². The van der Waals surface area contributed by atoms with Gasteiger partial charge >= 0.3 is 0 Å². The van der Waals surface area contributed by atoms with E-state index in [1.54, 1.807) is 19.1 Å². The smallest absolute Gasteiger partial charge is 0.133 e. The Bertz CT molecular complexity index is 646. The topological polar surface area (TPSA) is 53.2 Å². The Morgan fingerprint density at radius 2 is 1.75 bits per heavy atom. The van der Waals surface area contributed by atoms with E-state index in [-0.39, 0.29) is 0 Å². The predicted molar refractivity (Wildman–Crippen MR) is 77.8 cm³/mol. The maximum atomic E-state index is 9.78. The first-order valence-electron chi connectivity index (χ1n) is 6.49. The van der Waals surface area contributed by atoms with Gasteiger partial charge in [-0.15, -0.1) is 0 Å². The molecule has 0 aliphatic carbocycles. The highest BCUT2D eigenvalue weighted by atomic mass is 16.5. The summed E-state index contributed by atoms with van der Waals surface area (Å²) in [4.78, 5) is 0. The number of benzene rings is 2. The van der Waals surface area contributed by atoms with Crippen molar-refractivity contribution in [3.8, 4) is 17.6 Å². The molecule has 1 atom stereocenters. The van der Waals surface area contributed by atoms with Crippen LogP contribution in [0.1, 0.15) is 35.3 Å². The molecule has 0 aliphatic heterocycles. The van der Waals surface area contributed by atoms with E-state index in [1.807, 2.05) is 38.1 Å². The summed E-state index contributed by atoms with van der Waals surface area (Å²) in [7, 11) is 0. The Morgan fingerprint density at radius 1 is 1.15 bits per heavy atom. The zero-order valence-corrected chi connectivity index (χ0v) is 11.8. The van der Waals surface area contributed by atoms with Crippen molar-refractivity contribution < 1.29 is 9.84 Å². The molecule has 0 spiro atoms. The lowest BCUT2D eigenvalue weighted by Crippen LogP contribution is -1.98. The molecule has 0 amide bonds. The number of aryl methyl sites for hydroxylation is 2. The number of aliphatic hydroxyl groups is 1. The summed E-state index contributed by atoms with van der Waals surface area (Å²) in [6.07, 6.45) is -0.592. The number of ether oxygens (including phenoxy) is 1. The second-order valence-corrected chi connectivity index (χ2v) is 4.87. The van der Waals surface area contributed by atoms with Crippen LogP contribution in [0.15, 0.2) is 36.4 Å². The van der Waals surface area contributed by atoms with E-state index < -0.39 is 6.10 Å². The Balaban J connectivity index is 2.44. The third-order valence-electron chi connectivity index (χ3n) is 3.17. The molecule has 0 heterocycles. The molecule has 2 aromatic rings. The number of hydrogen-bond acceptors (Lipinski definition) is 3. The molecule has 0 saturated carbocycles. The van der Waals surface area contributed by atoms with Crippen molar-refractivity contribution in [3.05, 3.63) is 58.7 Å². The standard InChI is InChI=1S/C17H17NO2/c1-11-8-14(10-18)9-12(2)17(11)20-16-7-5-4-6-15(16)13(3)19/h4-9,13,19H,1-3H3/t13-/m0/s1. The summed E-state index contributed by atoms with van der Waals surface area (Å²) in [6.45, 7) is 5.53. The van der Waals surface area contributed by atoms with Gasteiger partial charge in [-0.05, 0) is 50.1 Å². The molecule has 20 heavy (non-hydrogen) atoms. The Morgan fingerprint density at radius 3 is 2.30 bits per heavy atom. The zero-order valence-electron chi connectivity index (χ0n) is 11.8. The third-order valence-corrected chi connectivity index (χ3v) is 3.17. The molecule has 0 aromatic heterocycles. The first kappa shape index (κ1) is 14.1. The van der Waals surface area contributed by atoms with Crippen LogP contribution in [0.2, 0.25) is 0 Å². The molecule has 1 N–H and O–H groups in total. The summed E-state index contributed by atoms with van der Waals surface area (Å²) in [5, 5.41) is 18.7. The van der Waals surface area contributed by atoms with Gasteiger partial charge in [0.05, 0.1) is 17.7 Å². The minimum absolute atomic E-state index is 0.592. The van der Waals surface area contributed by atoms with Crippen LogP contribution >= 0.6 is 0 Å². The van der Waals surface area contributed by atoms with Crippen molar-refractivity contribution in [1.29, 1.82) is 5.26 Å². The van der Waals surface area contributed by atoms with E-state index in [0.29, 0.717) is 11.3 Å². The van der Waals surface area contributed by atoms with E-state index in [9.17, 15) is 5.11 Å². The van der Waals surface area contributed by atoms with Gasteiger partial charge in [-0.1, -0.05) is 18.2 Å². The molecule has 0 fully saturated rings. The van der Waals surface area contributed by atoms with Gasteiger partial charge in [0.15, 0.2) is 0 Å². The maximum absolute atomic E-state index is 9.78. The van der Waals surface area contributed by atoms with E-state index in [2.05, 4.69) is 6.07 Å². The van der Waals surface area contributed by atoms with Crippen LogP contribution in [0.3, 0.4) is 0 Å². The minimum Gasteiger partial charge on any atom is -0.456 e. The molecule has 0 unspecified atom stereocenters. The van der Waals surface area contributed by atoms with Crippen molar-refractivity contribution in [2.45, 2.75) is 26.9 Å². The Hall–Kier alpha value is -2.31. The van der Waals surface area contributed by atoms with Crippen molar-refractivity contribution in [3.63, 3.8) is 0 Å². The first-order chi connectivity index (χ1) is 9.52. The number of nitrogens with zero attached hydrogens (tertiary/aromatic N) is 1. The molecule has 0 aliphatic rings. The van der Waals surface area contributed by atoms with E-state index >= 15 is 0 Å². The Labute approximate surface area is 119 Å². The highest BCUT2D eigenvalue weighted by molar-refractivity contribution is 5.50. The monoisotopic (exact) mass is 267 g/mol. The van der Waals surface area contributed by atoms with Crippen LogP contribution in [0, 0.1) is 25.2 Å². The lowest BCUT2D eigenvalue weighted by molar-refractivity contribution is 0.195. The first-order valence-corrected chi connectivity index (χ1v) is 6.49. The van der Waals surface area contributed by atoms with E-state index in [1.165, 1.54) is 0 Å². The largest absolute Gasteiger partial charge is 0.456 e. The maximum Gasteiger partial charge on any atom is 0.133 e. The highest BCUT2D eigenvalue weighted by Gasteiger charge is 2.12. The molecule has 0 saturated heterocycles. The number of para-hydroxylation sites is 1. The summed E-state index contributed by atoms with van der Waals surface area (Å²) in [6, 6.07) is 13.1. The zero-order chi connectivity index (χ0) is 14.7. The fourth-order valence-electron chi connectivity index (χ4n) is 2.20. The van der Waals surface area contributed by atoms with Crippen LogP contribution in [-0.2, 0) is 0 Å². The number of rotatable bonds is 3. The van der Waals surface area contributed by atoms with Crippen LogP contribution in [0.5, 0.6) is 11.5 Å². The molecule has 102 valence electrons. The number of aliphatic hydroxyl groups excluding tert-OH is 1. The molecule has 0 radical (unpaired) electrons. The summed E-state index contributed by atoms with van der Waals surface area (Å²) < 4.78 is 5.96. The van der Waals surface area contributed by atoms with Crippen LogP contribution in [0.4, 0.5) is 0 Å². The van der Waals surface area contributed by atoms with Crippen LogP contribution in [0.25, 0.3) is 0 Å². The van der Waals surface area contributed by atoms with Crippen molar-refractivity contribution in [2.24, 2.45) is 0 Å². The second-order valence-electron chi connectivity index (χ2n) is 4.87. The second kappa shape index (κ2) is 5.77. The SMILES string of the molecule is Cc1cc(C#N)cc(C)c1Oc1ccccc1[C@H](C)O. The Kier molecular flexibility index (Phi) is 4.07. The molecule has 2 rings (SSSR count). The van der Waals surface area contributed by atoms with Gasteiger partial charge in [0, 0.05) is 5.56 Å². The molecular weight excluding hydrogens is 250 g/mol. The van der Waals surface area contributed by atoms with E-state index in [0.717, 1.165) is 22.4 Å². The van der Waals surface area contributed by atoms with Gasteiger partial charge < -0.3 is 9.84 Å². The number of nitriles is 1. The quantitative estimate of drug-likeness (QED) is 0.913. The molecule has 0 bridgehead atoms. The average molecular weight is 267 g/mol. The van der Waals surface area contributed by atoms with Gasteiger partial charge in [0.25, 0.3) is 0 Å². The van der Waals surface area contributed by atoms with Gasteiger partial charge in [-0.3, -0.25) is 0 Å². The summed E-state index contributed by atoms with van der Waals surface area (Å²) >= 11 is 0. The molecule has 3 heteroatoms. The average Bonchev–Trinajstić information content (AvgIpc) is 2.42. The van der Waals surface area contributed by atoms with Crippen LogP contribution in [-0.4, -0.2) is 5.11 Å². The lowest BCUT2D eigenvalue weighted by Gasteiger charge is -2.16. The van der Waals surface area contributed by atoms with Gasteiger partial charge in [-0.25, -0.2) is 0 Å². The fraction of sp³-hybridized carbons (Fsp3) is 0.235. The molecule has 2 aromatic carbocycles. The van der Waals surface area contributed by atoms with Gasteiger partial charge in [0.2, 0.25) is 0 Å². The predicted octanol–water partition coefficient (Wildman–Crippen LogP) is 4.02. The lowest BCUT2D eigenvalue weighted by atomic mass is 10.1. The third kappa shape index (κ3) is 2.81. The van der Waals surface area contributed by atoms with Gasteiger partial charge in [-0.2, -0.15) is 5.26 Å². The number of hydrogen-bond donors (Lipinski definition) is 1.